The maximum absolute atomic E-state index is 12.5. The van der Waals surface area contributed by atoms with E-state index in [0.29, 0.717) is 23.9 Å². The Labute approximate surface area is 160 Å². The zero-order valence-electron chi connectivity index (χ0n) is 15.0. The molecule has 28 heavy (non-hydrogen) atoms. The Morgan fingerprint density at radius 2 is 1.89 bits per heavy atom. The number of amides is 2. The molecule has 0 bridgehead atoms. The van der Waals surface area contributed by atoms with Crippen LogP contribution in [0.5, 0.6) is 5.75 Å². The summed E-state index contributed by atoms with van der Waals surface area (Å²) >= 11 is 0. The van der Waals surface area contributed by atoms with Crippen molar-refractivity contribution in [2.24, 2.45) is 0 Å². The smallest absolute Gasteiger partial charge is 0.257 e. The van der Waals surface area contributed by atoms with Crippen molar-refractivity contribution in [1.29, 1.82) is 0 Å². The molecule has 1 atom stereocenters. The molecule has 3 aromatic rings. The van der Waals surface area contributed by atoms with Gasteiger partial charge < -0.3 is 20.4 Å². The minimum atomic E-state index is -0.588. The molecule has 3 N–H and O–H groups in total. The zero-order chi connectivity index (χ0) is 19.5. The number of benzene rings is 2. The first-order chi connectivity index (χ1) is 13.6. The lowest BCUT2D eigenvalue weighted by Gasteiger charge is -2.26. The maximum atomic E-state index is 12.5. The zero-order valence-corrected chi connectivity index (χ0v) is 15.0. The van der Waals surface area contributed by atoms with Gasteiger partial charge in [-0.05, 0) is 18.2 Å². The average molecular weight is 377 g/mol. The number of ether oxygens (including phenoxy) is 1. The van der Waals surface area contributed by atoms with Crippen molar-refractivity contribution in [3.05, 3.63) is 76.1 Å². The van der Waals surface area contributed by atoms with Crippen molar-refractivity contribution >= 4 is 22.7 Å². The van der Waals surface area contributed by atoms with Crippen molar-refractivity contribution in [3.8, 4) is 5.75 Å². The predicted octanol–water partition coefficient (Wildman–Crippen LogP) is 1.90. The molecule has 2 heterocycles. The molecule has 7 nitrogen and oxygen atoms in total. The predicted molar refractivity (Wildman–Crippen MR) is 104 cm³/mol. The Morgan fingerprint density at radius 3 is 2.79 bits per heavy atom. The summed E-state index contributed by atoms with van der Waals surface area (Å²) in [7, 11) is 0. The average Bonchev–Trinajstić information content (AvgIpc) is 2.73. The summed E-state index contributed by atoms with van der Waals surface area (Å²) < 4.78 is 5.58. The van der Waals surface area contributed by atoms with Crippen LogP contribution >= 0.6 is 0 Å². The van der Waals surface area contributed by atoms with Crippen LogP contribution in [0.4, 0.5) is 0 Å². The fourth-order valence-electron chi connectivity index (χ4n) is 3.33. The second kappa shape index (κ2) is 7.56. The summed E-state index contributed by atoms with van der Waals surface area (Å²) in [4.78, 5) is 40.1. The summed E-state index contributed by atoms with van der Waals surface area (Å²) in [6.07, 6.45) is 2.02. The molecule has 0 radical (unpaired) electrons. The Balaban J connectivity index is 1.41. The molecule has 0 saturated heterocycles. The molecule has 0 spiro atoms. The summed E-state index contributed by atoms with van der Waals surface area (Å²) in [6.45, 7) is 0.297. The molecular formula is C21H19N3O4. The van der Waals surface area contributed by atoms with Crippen molar-refractivity contribution in [2.45, 2.75) is 12.5 Å². The molecule has 0 saturated carbocycles. The number of aromatic nitrogens is 1. The van der Waals surface area contributed by atoms with Gasteiger partial charge in [-0.3, -0.25) is 14.4 Å². The molecule has 1 aliphatic rings. The summed E-state index contributed by atoms with van der Waals surface area (Å²) in [5.74, 6) is -0.160. The van der Waals surface area contributed by atoms with Gasteiger partial charge in [-0.2, -0.15) is 0 Å². The second-order valence-electron chi connectivity index (χ2n) is 6.55. The Bertz CT molecular complexity index is 1110. The van der Waals surface area contributed by atoms with Crippen molar-refractivity contribution in [3.63, 3.8) is 0 Å². The topological polar surface area (TPSA) is 100 Å². The summed E-state index contributed by atoms with van der Waals surface area (Å²) in [5.41, 5.74) is 1.17. The van der Waals surface area contributed by atoms with Crippen LogP contribution in [0.3, 0.4) is 0 Å². The lowest BCUT2D eigenvalue weighted by molar-refractivity contribution is -0.121. The molecule has 0 aliphatic carbocycles. The molecule has 1 aliphatic heterocycles. The molecule has 2 aromatic carbocycles. The number of fused-ring (bicyclic) bond motifs is 2. The highest BCUT2D eigenvalue weighted by molar-refractivity contribution is 5.98. The van der Waals surface area contributed by atoms with Crippen LogP contribution in [0.15, 0.2) is 59.5 Å². The number of hydrogen-bond acceptors (Lipinski definition) is 4. The summed E-state index contributed by atoms with van der Waals surface area (Å²) in [5, 5.41) is 5.85. The molecule has 1 unspecified atom stereocenters. The van der Waals surface area contributed by atoms with E-state index in [9.17, 15) is 14.4 Å². The number of H-pyrrole nitrogens is 1. The van der Waals surface area contributed by atoms with Crippen molar-refractivity contribution in [1.82, 2.24) is 15.6 Å². The number of hydrogen-bond donors (Lipinski definition) is 3. The number of pyridine rings is 1. The van der Waals surface area contributed by atoms with Crippen LogP contribution in [0, 0.1) is 0 Å². The number of para-hydroxylation sites is 2. The Morgan fingerprint density at radius 1 is 1.11 bits per heavy atom. The first-order valence-electron chi connectivity index (χ1n) is 9.03. The Hall–Kier alpha value is -3.61. The number of carbonyl (C=O) groups excluding carboxylic acids is 2. The van der Waals surface area contributed by atoms with Gasteiger partial charge in [0.05, 0.1) is 19.2 Å². The standard InChI is InChI=1S/C21H19N3O4/c25-19(24-17-9-10-28-18-8-4-2-5-13(17)18)12-23-21(27)15-11-22-16-7-3-1-6-14(16)20(15)26/h1-8,11,17H,9-10,12H2,(H,22,26)(H,23,27)(H,24,25). The molecule has 0 fully saturated rings. The highest BCUT2D eigenvalue weighted by Gasteiger charge is 2.23. The van der Waals surface area contributed by atoms with Gasteiger partial charge in [0.1, 0.15) is 11.3 Å². The van der Waals surface area contributed by atoms with E-state index in [0.717, 1.165) is 11.3 Å². The van der Waals surface area contributed by atoms with E-state index in [1.807, 2.05) is 24.3 Å². The monoisotopic (exact) mass is 377 g/mol. The van der Waals surface area contributed by atoms with E-state index >= 15 is 0 Å². The van der Waals surface area contributed by atoms with Gasteiger partial charge >= 0.3 is 0 Å². The fourth-order valence-corrected chi connectivity index (χ4v) is 3.33. The maximum Gasteiger partial charge on any atom is 0.257 e. The van der Waals surface area contributed by atoms with E-state index in [-0.39, 0.29) is 29.5 Å². The molecule has 1 aromatic heterocycles. The van der Waals surface area contributed by atoms with E-state index < -0.39 is 5.91 Å². The molecular weight excluding hydrogens is 358 g/mol. The molecule has 7 heteroatoms. The van der Waals surface area contributed by atoms with E-state index in [2.05, 4.69) is 15.6 Å². The second-order valence-corrected chi connectivity index (χ2v) is 6.55. The molecule has 2 amide bonds. The highest BCUT2D eigenvalue weighted by atomic mass is 16.5. The molecule has 142 valence electrons. The van der Waals surface area contributed by atoms with E-state index in [1.54, 1.807) is 24.3 Å². The minimum Gasteiger partial charge on any atom is -0.493 e. The fraction of sp³-hybridized carbons (Fsp3) is 0.190. The quantitative estimate of drug-likeness (QED) is 0.646. The van der Waals surface area contributed by atoms with Gasteiger partial charge in [0.2, 0.25) is 11.3 Å². The van der Waals surface area contributed by atoms with Crippen LogP contribution in [0.25, 0.3) is 10.9 Å². The normalized spacial score (nSPS) is 15.4. The van der Waals surface area contributed by atoms with Crippen molar-refractivity contribution < 1.29 is 14.3 Å². The third-order valence-electron chi connectivity index (χ3n) is 4.74. The Kier molecular flexibility index (Phi) is 4.80. The number of nitrogens with one attached hydrogen (secondary N) is 3. The van der Waals surface area contributed by atoms with Crippen LogP contribution in [0.2, 0.25) is 0 Å². The van der Waals surface area contributed by atoms with Crippen LogP contribution in [0.1, 0.15) is 28.4 Å². The lowest BCUT2D eigenvalue weighted by Crippen LogP contribution is -2.40. The van der Waals surface area contributed by atoms with Gasteiger partial charge in [0.25, 0.3) is 5.91 Å². The van der Waals surface area contributed by atoms with Crippen LogP contribution in [-0.2, 0) is 4.79 Å². The van der Waals surface area contributed by atoms with Crippen LogP contribution < -0.4 is 20.8 Å². The number of rotatable bonds is 4. The third kappa shape index (κ3) is 3.46. The van der Waals surface area contributed by atoms with Gasteiger partial charge in [-0.25, -0.2) is 0 Å². The van der Waals surface area contributed by atoms with Gasteiger partial charge in [-0.15, -0.1) is 0 Å². The highest BCUT2D eigenvalue weighted by Crippen LogP contribution is 2.31. The van der Waals surface area contributed by atoms with Gasteiger partial charge in [0.15, 0.2) is 0 Å². The summed E-state index contributed by atoms with van der Waals surface area (Å²) in [6, 6.07) is 14.3. The lowest BCUT2D eigenvalue weighted by atomic mass is 10.0. The SMILES string of the molecule is O=C(CNC(=O)c1c[nH]c2ccccc2c1=O)NC1CCOc2ccccc21. The first kappa shape index (κ1) is 17.8. The number of aromatic amines is 1. The molecule has 4 rings (SSSR count). The van der Waals surface area contributed by atoms with E-state index in [1.165, 1.54) is 6.20 Å². The largest absolute Gasteiger partial charge is 0.493 e. The van der Waals surface area contributed by atoms with Crippen LogP contribution in [-0.4, -0.2) is 29.9 Å². The van der Waals surface area contributed by atoms with Gasteiger partial charge in [-0.1, -0.05) is 30.3 Å². The van der Waals surface area contributed by atoms with Crippen molar-refractivity contribution in [2.75, 3.05) is 13.2 Å². The minimum absolute atomic E-state index is 0.0251. The van der Waals surface area contributed by atoms with E-state index in [4.69, 9.17) is 4.74 Å². The van der Waals surface area contributed by atoms with Gasteiger partial charge in [0, 0.05) is 29.1 Å². The number of carbonyl (C=O) groups is 2. The third-order valence-corrected chi connectivity index (χ3v) is 4.74. The first-order valence-corrected chi connectivity index (χ1v) is 9.03.